The molecule has 1 aromatic carbocycles. The Kier molecular flexibility index (Phi) is 8.85. The third kappa shape index (κ3) is 6.57. The maximum absolute atomic E-state index is 14.7. The molecule has 45 heavy (non-hydrogen) atoms. The molecule has 1 aliphatic carbocycles. The highest BCUT2D eigenvalue weighted by molar-refractivity contribution is 7.13. The lowest BCUT2D eigenvalue weighted by atomic mass is 9.95. The molecule has 1 atom stereocenters. The maximum Gasteiger partial charge on any atom is 0.267 e. The fraction of sp³-hybridized carbons (Fsp3) is 0.452. The number of piperidine rings is 1. The molecule has 14 heteroatoms. The molecule has 2 amide bonds. The summed E-state index contributed by atoms with van der Waals surface area (Å²) in [5.41, 5.74) is 20.0. The SMILES string of the molecule is Cc1nc(OC2CCCC(N)CCC2)c(C(=O)N[C@@H]2CCCN(c3cc(-c4ccc(C(N)=O)c(F)c4)n4ncnc(N)c34)C2)s1. The number of amides is 2. The minimum atomic E-state index is -0.843. The number of nitrogens with one attached hydrogen (secondary N) is 1. The molecule has 6 rings (SSSR count). The van der Waals surface area contributed by atoms with Crippen molar-refractivity contribution < 1.29 is 18.7 Å². The van der Waals surface area contributed by atoms with Crippen molar-refractivity contribution in [2.24, 2.45) is 11.5 Å². The van der Waals surface area contributed by atoms with Crippen molar-refractivity contribution >= 4 is 40.2 Å². The van der Waals surface area contributed by atoms with Gasteiger partial charge in [0.25, 0.3) is 11.8 Å². The van der Waals surface area contributed by atoms with Crippen LogP contribution in [0.1, 0.15) is 76.4 Å². The van der Waals surface area contributed by atoms with E-state index < -0.39 is 11.7 Å². The molecule has 1 saturated carbocycles. The largest absolute Gasteiger partial charge is 0.473 e. The van der Waals surface area contributed by atoms with Crippen LogP contribution in [0.25, 0.3) is 16.8 Å². The number of anilines is 2. The number of nitrogen functional groups attached to an aromatic ring is 1. The molecule has 1 saturated heterocycles. The summed E-state index contributed by atoms with van der Waals surface area (Å²) in [6, 6.07) is 6.21. The summed E-state index contributed by atoms with van der Waals surface area (Å²) in [6.07, 6.45) is 8.71. The van der Waals surface area contributed by atoms with Crippen molar-refractivity contribution in [3.8, 4) is 17.1 Å². The summed E-state index contributed by atoms with van der Waals surface area (Å²) in [6.45, 7) is 3.11. The predicted molar refractivity (Wildman–Crippen MR) is 171 cm³/mol. The topological polar surface area (TPSA) is 180 Å². The Balaban J connectivity index is 1.21. The summed E-state index contributed by atoms with van der Waals surface area (Å²) < 4.78 is 22.6. The van der Waals surface area contributed by atoms with Crippen LogP contribution in [0.5, 0.6) is 5.88 Å². The molecular formula is C31H38FN9O3S. The van der Waals surface area contributed by atoms with E-state index in [2.05, 4.69) is 25.3 Å². The molecule has 4 heterocycles. The van der Waals surface area contributed by atoms with Gasteiger partial charge in [-0.25, -0.2) is 18.9 Å². The third-order valence-corrected chi connectivity index (χ3v) is 9.53. The average Bonchev–Trinajstić information content (AvgIpc) is 3.57. The molecule has 3 aromatic heterocycles. The Bertz CT molecular complexity index is 1710. The number of fused-ring (bicyclic) bond motifs is 1. The number of ether oxygens (including phenoxy) is 1. The van der Waals surface area contributed by atoms with Crippen LogP contribution in [-0.4, -0.2) is 62.7 Å². The first-order chi connectivity index (χ1) is 21.7. The average molecular weight is 636 g/mol. The molecule has 1 aliphatic heterocycles. The number of nitrogens with two attached hydrogens (primary N) is 3. The summed E-state index contributed by atoms with van der Waals surface area (Å²) in [7, 11) is 0. The van der Waals surface area contributed by atoms with Gasteiger partial charge >= 0.3 is 0 Å². The lowest BCUT2D eigenvalue weighted by Crippen LogP contribution is -2.47. The Labute approximate surface area is 264 Å². The van der Waals surface area contributed by atoms with E-state index in [1.807, 2.05) is 13.0 Å². The van der Waals surface area contributed by atoms with Crippen LogP contribution in [0.3, 0.4) is 0 Å². The second kappa shape index (κ2) is 13.0. The third-order valence-electron chi connectivity index (χ3n) is 8.58. The zero-order valence-corrected chi connectivity index (χ0v) is 26.0. The van der Waals surface area contributed by atoms with Crippen molar-refractivity contribution in [2.45, 2.75) is 76.5 Å². The van der Waals surface area contributed by atoms with Gasteiger partial charge < -0.3 is 32.2 Å². The van der Waals surface area contributed by atoms with Crippen LogP contribution in [0.4, 0.5) is 15.9 Å². The minimum absolute atomic E-state index is 0.0150. The quantitative estimate of drug-likeness (QED) is 0.235. The van der Waals surface area contributed by atoms with Crippen molar-refractivity contribution in [2.75, 3.05) is 23.7 Å². The summed E-state index contributed by atoms with van der Waals surface area (Å²) in [5.74, 6) is -1.10. The first-order valence-electron chi connectivity index (χ1n) is 15.4. The molecule has 238 valence electrons. The van der Waals surface area contributed by atoms with Gasteiger partial charge in [-0.05, 0) is 76.5 Å². The highest BCUT2D eigenvalue weighted by Gasteiger charge is 2.29. The predicted octanol–water partition coefficient (Wildman–Crippen LogP) is 3.81. The standard InChI is InChI=1S/C31H38FN9O3S/c1-17-38-31(44-21-8-2-5-19(33)6-3-9-21)27(45-17)30(43)39-20-7-4-12-40(15-20)25-14-24(41-26(25)28(34)36-16-37-41)18-10-11-22(29(35)42)23(32)13-18/h10-11,13-14,16,19-21H,2-9,12,15,33H2,1H3,(H2,35,42)(H,39,43)(H2,34,36,37)/t19?,20-,21?/m1/s1. The van der Waals surface area contributed by atoms with Gasteiger partial charge in [0, 0.05) is 30.7 Å². The Morgan fingerprint density at radius 3 is 2.62 bits per heavy atom. The number of nitrogens with zero attached hydrogens (tertiary/aromatic N) is 5. The number of hydrogen-bond donors (Lipinski definition) is 4. The van der Waals surface area contributed by atoms with Crippen LogP contribution in [-0.2, 0) is 0 Å². The van der Waals surface area contributed by atoms with Gasteiger partial charge in [-0.15, -0.1) is 11.3 Å². The fourth-order valence-electron chi connectivity index (χ4n) is 6.35. The molecule has 12 nitrogen and oxygen atoms in total. The van der Waals surface area contributed by atoms with E-state index in [0.29, 0.717) is 40.6 Å². The number of rotatable bonds is 7. The van der Waals surface area contributed by atoms with Crippen molar-refractivity contribution in [1.82, 2.24) is 24.9 Å². The summed E-state index contributed by atoms with van der Waals surface area (Å²) in [5, 5.41) is 8.38. The van der Waals surface area contributed by atoms with Crippen LogP contribution in [0.15, 0.2) is 30.6 Å². The van der Waals surface area contributed by atoms with E-state index in [-0.39, 0.29) is 35.5 Å². The van der Waals surface area contributed by atoms with Gasteiger partial charge in [0.15, 0.2) is 10.7 Å². The Morgan fingerprint density at radius 1 is 1.11 bits per heavy atom. The molecule has 4 aromatic rings. The lowest BCUT2D eigenvalue weighted by Gasteiger charge is -2.34. The van der Waals surface area contributed by atoms with Gasteiger partial charge in [-0.3, -0.25) is 9.59 Å². The van der Waals surface area contributed by atoms with Crippen molar-refractivity contribution in [1.29, 1.82) is 0 Å². The molecule has 0 spiro atoms. The Morgan fingerprint density at radius 2 is 1.89 bits per heavy atom. The molecule has 0 radical (unpaired) electrons. The monoisotopic (exact) mass is 635 g/mol. The van der Waals surface area contributed by atoms with Crippen molar-refractivity contribution in [3.63, 3.8) is 0 Å². The molecule has 7 N–H and O–H groups in total. The van der Waals surface area contributed by atoms with Gasteiger partial charge in [0.2, 0.25) is 5.88 Å². The van der Waals surface area contributed by atoms with E-state index in [9.17, 15) is 14.0 Å². The maximum atomic E-state index is 14.7. The van der Waals surface area contributed by atoms with Gasteiger partial charge in [-0.2, -0.15) is 5.10 Å². The van der Waals surface area contributed by atoms with Crippen LogP contribution >= 0.6 is 11.3 Å². The molecule has 0 bridgehead atoms. The minimum Gasteiger partial charge on any atom is -0.473 e. The number of primary amides is 1. The number of carbonyl (C=O) groups is 2. The highest BCUT2D eigenvalue weighted by atomic mass is 32.1. The zero-order valence-electron chi connectivity index (χ0n) is 25.2. The molecule has 2 aliphatic rings. The second-order valence-corrected chi connectivity index (χ2v) is 13.1. The zero-order chi connectivity index (χ0) is 31.7. The lowest BCUT2D eigenvalue weighted by molar-refractivity contribution is 0.0925. The number of aryl methyl sites for hydroxylation is 1. The number of thiazole rings is 1. The normalized spacial score (nSPS) is 20.9. The van der Waals surface area contributed by atoms with Crippen molar-refractivity contribution in [3.05, 3.63) is 51.9 Å². The van der Waals surface area contributed by atoms with Crippen LogP contribution in [0.2, 0.25) is 0 Å². The molecular weight excluding hydrogens is 597 g/mol. The second-order valence-electron chi connectivity index (χ2n) is 11.9. The van der Waals surface area contributed by atoms with Gasteiger partial charge in [0.1, 0.15) is 23.8 Å². The summed E-state index contributed by atoms with van der Waals surface area (Å²) in [4.78, 5) is 36.5. The van der Waals surface area contributed by atoms with E-state index in [4.69, 9.17) is 21.9 Å². The molecule has 0 unspecified atom stereocenters. The number of aromatic nitrogens is 4. The van der Waals surface area contributed by atoms with Gasteiger partial charge in [0.05, 0.1) is 22.0 Å². The first-order valence-corrected chi connectivity index (χ1v) is 16.2. The highest BCUT2D eigenvalue weighted by Crippen LogP contribution is 2.36. The Hall–Kier alpha value is -4.30. The number of hydrogen-bond acceptors (Lipinski definition) is 10. The van der Waals surface area contributed by atoms with E-state index in [1.165, 1.54) is 29.8 Å². The van der Waals surface area contributed by atoms with Crippen LogP contribution < -0.4 is 32.2 Å². The van der Waals surface area contributed by atoms with E-state index >= 15 is 0 Å². The molecule has 2 fully saturated rings. The fourth-order valence-corrected chi connectivity index (χ4v) is 7.10. The van der Waals surface area contributed by atoms with E-state index in [1.54, 1.807) is 10.6 Å². The first kappa shape index (κ1) is 30.7. The number of halogens is 1. The summed E-state index contributed by atoms with van der Waals surface area (Å²) >= 11 is 1.34. The number of carbonyl (C=O) groups excluding carboxylic acids is 2. The smallest absolute Gasteiger partial charge is 0.267 e. The number of benzene rings is 1. The van der Waals surface area contributed by atoms with E-state index in [0.717, 1.165) is 62.1 Å². The van der Waals surface area contributed by atoms with Crippen LogP contribution in [0, 0.1) is 12.7 Å². The van der Waals surface area contributed by atoms with Gasteiger partial charge in [-0.1, -0.05) is 6.07 Å².